The van der Waals surface area contributed by atoms with Crippen molar-refractivity contribution >= 4 is 17.6 Å². The molecule has 7 nitrogen and oxygen atoms in total. The molecule has 1 aromatic rings. The number of carbonyl (C=O) groups excluding carboxylic acids is 2. The molecular formula is C19H27N3O4. The summed E-state index contributed by atoms with van der Waals surface area (Å²) in [7, 11) is 0. The molecule has 0 unspecified atom stereocenters. The molecule has 2 rings (SSSR count). The van der Waals surface area contributed by atoms with Gasteiger partial charge in [0.2, 0.25) is 0 Å². The van der Waals surface area contributed by atoms with Gasteiger partial charge in [0.1, 0.15) is 5.75 Å². The van der Waals surface area contributed by atoms with E-state index in [0.717, 1.165) is 31.6 Å². The van der Waals surface area contributed by atoms with Crippen LogP contribution in [0.2, 0.25) is 0 Å². The number of hydrogen-bond donors (Lipinski definition) is 1. The molecule has 26 heavy (non-hydrogen) atoms. The van der Waals surface area contributed by atoms with Crippen molar-refractivity contribution in [3.8, 4) is 5.75 Å². The molecule has 0 aromatic heterocycles. The highest BCUT2D eigenvalue weighted by molar-refractivity contribution is 5.89. The Morgan fingerprint density at radius 3 is 2.42 bits per heavy atom. The highest BCUT2D eigenvalue weighted by atomic mass is 16.5. The average Bonchev–Trinajstić information content (AvgIpc) is 2.65. The van der Waals surface area contributed by atoms with Gasteiger partial charge in [-0.25, -0.2) is 10.2 Å². The van der Waals surface area contributed by atoms with Crippen LogP contribution in [0.4, 0.5) is 0 Å². The zero-order chi connectivity index (χ0) is 18.9. The highest BCUT2D eigenvalue weighted by Gasteiger charge is 2.17. The van der Waals surface area contributed by atoms with Crippen LogP contribution in [0.5, 0.6) is 5.75 Å². The maximum Gasteiger partial charge on any atom is 0.338 e. The second-order valence-electron chi connectivity index (χ2n) is 6.38. The van der Waals surface area contributed by atoms with E-state index in [4.69, 9.17) is 9.47 Å². The van der Waals surface area contributed by atoms with Gasteiger partial charge in [0, 0.05) is 37.7 Å². The topological polar surface area (TPSA) is 80.2 Å². The molecule has 1 heterocycles. The van der Waals surface area contributed by atoms with Crippen molar-refractivity contribution < 1.29 is 19.1 Å². The lowest BCUT2D eigenvalue weighted by Crippen LogP contribution is -2.39. The fourth-order valence-electron chi connectivity index (χ4n) is 2.63. The predicted octanol–water partition coefficient (Wildman–Crippen LogP) is 2.22. The number of likely N-dealkylation sites (tertiary alicyclic amines) is 1. The Morgan fingerprint density at radius 2 is 1.85 bits per heavy atom. The predicted molar refractivity (Wildman–Crippen MR) is 99.4 cm³/mol. The van der Waals surface area contributed by atoms with Crippen molar-refractivity contribution in [3.63, 3.8) is 0 Å². The first kappa shape index (κ1) is 19.9. The van der Waals surface area contributed by atoms with Crippen molar-refractivity contribution in [1.82, 2.24) is 10.3 Å². The van der Waals surface area contributed by atoms with Gasteiger partial charge in [-0.05, 0) is 45.0 Å². The number of benzene rings is 1. The molecule has 0 spiro atoms. The Bertz CT molecular complexity index is 631. The minimum atomic E-state index is -0.379. The Morgan fingerprint density at radius 1 is 1.19 bits per heavy atom. The monoisotopic (exact) mass is 361 g/mol. The summed E-state index contributed by atoms with van der Waals surface area (Å²) in [6.07, 6.45) is 1.74. The van der Waals surface area contributed by atoms with Crippen molar-refractivity contribution in [3.05, 3.63) is 29.8 Å². The van der Waals surface area contributed by atoms with Crippen molar-refractivity contribution in [2.75, 3.05) is 26.3 Å². The van der Waals surface area contributed by atoms with E-state index in [1.807, 2.05) is 0 Å². The van der Waals surface area contributed by atoms with Crippen molar-refractivity contribution in [2.24, 2.45) is 5.10 Å². The SMILES string of the molecule is CCOC(=O)c1ccc(OCC(=O)NN=C2CCN(C(C)C)CC2)cc1. The molecule has 1 aromatic carbocycles. The molecule has 1 amide bonds. The Labute approximate surface area is 154 Å². The number of piperidine rings is 1. The minimum absolute atomic E-state index is 0.131. The lowest BCUT2D eigenvalue weighted by molar-refractivity contribution is -0.123. The van der Waals surface area contributed by atoms with E-state index in [2.05, 4.69) is 29.3 Å². The van der Waals surface area contributed by atoms with Gasteiger partial charge in [-0.2, -0.15) is 5.10 Å². The summed E-state index contributed by atoms with van der Waals surface area (Å²) < 4.78 is 10.3. The van der Waals surface area contributed by atoms with E-state index < -0.39 is 0 Å². The van der Waals surface area contributed by atoms with Crippen LogP contribution < -0.4 is 10.2 Å². The molecule has 7 heteroatoms. The molecule has 0 bridgehead atoms. The van der Waals surface area contributed by atoms with Crippen LogP contribution in [0.15, 0.2) is 29.4 Å². The van der Waals surface area contributed by atoms with Gasteiger partial charge in [-0.3, -0.25) is 4.79 Å². The van der Waals surface area contributed by atoms with E-state index in [0.29, 0.717) is 24.0 Å². The summed E-state index contributed by atoms with van der Waals surface area (Å²) in [5, 5.41) is 4.20. The Balaban J connectivity index is 1.73. The molecule has 0 atom stereocenters. The molecular weight excluding hydrogens is 334 g/mol. The van der Waals surface area contributed by atoms with Crippen LogP contribution in [0, 0.1) is 0 Å². The van der Waals surface area contributed by atoms with Gasteiger partial charge in [0.15, 0.2) is 6.61 Å². The number of nitrogens with one attached hydrogen (secondary N) is 1. The van der Waals surface area contributed by atoms with Crippen LogP contribution in [0.25, 0.3) is 0 Å². The molecule has 0 saturated carbocycles. The molecule has 142 valence electrons. The quantitative estimate of drug-likeness (QED) is 0.595. The fourth-order valence-corrected chi connectivity index (χ4v) is 2.63. The van der Waals surface area contributed by atoms with Gasteiger partial charge >= 0.3 is 5.97 Å². The minimum Gasteiger partial charge on any atom is -0.484 e. The van der Waals surface area contributed by atoms with E-state index in [-0.39, 0.29) is 18.5 Å². The van der Waals surface area contributed by atoms with Crippen molar-refractivity contribution in [2.45, 2.75) is 39.7 Å². The normalized spacial score (nSPS) is 14.8. The Hall–Kier alpha value is -2.41. The zero-order valence-electron chi connectivity index (χ0n) is 15.7. The first-order valence-electron chi connectivity index (χ1n) is 8.98. The van der Waals surface area contributed by atoms with Crippen LogP contribution in [0.3, 0.4) is 0 Å². The van der Waals surface area contributed by atoms with E-state index in [9.17, 15) is 9.59 Å². The number of ether oxygens (including phenoxy) is 2. The fraction of sp³-hybridized carbons (Fsp3) is 0.526. The molecule has 1 saturated heterocycles. The third-order valence-electron chi connectivity index (χ3n) is 4.18. The van der Waals surface area contributed by atoms with Gasteiger partial charge in [0.05, 0.1) is 12.2 Å². The third-order valence-corrected chi connectivity index (χ3v) is 4.18. The van der Waals surface area contributed by atoms with Gasteiger partial charge in [-0.15, -0.1) is 0 Å². The summed E-state index contributed by atoms with van der Waals surface area (Å²) in [5.74, 6) is -0.180. The molecule has 1 aliphatic heterocycles. The number of amides is 1. The smallest absolute Gasteiger partial charge is 0.338 e. The average molecular weight is 361 g/mol. The maximum atomic E-state index is 11.9. The highest BCUT2D eigenvalue weighted by Crippen LogP contribution is 2.13. The summed E-state index contributed by atoms with van der Waals surface area (Å²) in [5.41, 5.74) is 4.00. The van der Waals surface area contributed by atoms with Gasteiger partial charge in [-0.1, -0.05) is 0 Å². The summed E-state index contributed by atoms with van der Waals surface area (Å²) in [6.45, 7) is 8.25. The summed E-state index contributed by atoms with van der Waals surface area (Å²) >= 11 is 0. The number of esters is 1. The maximum absolute atomic E-state index is 11.9. The summed E-state index contributed by atoms with van der Waals surface area (Å²) in [4.78, 5) is 25.8. The molecule has 1 N–H and O–H groups in total. The van der Waals surface area contributed by atoms with E-state index >= 15 is 0 Å². The van der Waals surface area contributed by atoms with Crippen LogP contribution in [-0.4, -0.2) is 54.8 Å². The molecule has 1 fully saturated rings. The first-order chi connectivity index (χ1) is 12.5. The third kappa shape index (κ3) is 6.15. The van der Waals surface area contributed by atoms with Gasteiger partial charge in [0.25, 0.3) is 5.91 Å². The second-order valence-corrected chi connectivity index (χ2v) is 6.38. The van der Waals surface area contributed by atoms with E-state index in [1.54, 1.807) is 31.2 Å². The number of hydrogen-bond acceptors (Lipinski definition) is 6. The van der Waals surface area contributed by atoms with Crippen LogP contribution in [0.1, 0.15) is 44.0 Å². The number of carbonyl (C=O) groups is 2. The molecule has 0 radical (unpaired) electrons. The lowest BCUT2D eigenvalue weighted by Gasteiger charge is -2.30. The van der Waals surface area contributed by atoms with Crippen molar-refractivity contribution in [1.29, 1.82) is 0 Å². The second kappa shape index (κ2) is 9.91. The number of hydrazone groups is 1. The standard InChI is InChI=1S/C19H27N3O4/c1-4-25-19(24)15-5-7-17(8-6-15)26-13-18(23)21-20-16-9-11-22(12-10-16)14(2)3/h5-8,14H,4,9-13H2,1-3H3,(H,21,23). The largest absolute Gasteiger partial charge is 0.484 e. The number of rotatable bonds is 7. The molecule has 1 aliphatic rings. The zero-order valence-corrected chi connectivity index (χ0v) is 15.7. The lowest BCUT2D eigenvalue weighted by atomic mass is 10.1. The summed E-state index contributed by atoms with van der Waals surface area (Å²) in [6, 6.07) is 7.01. The van der Waals surface area contributed by atoms with E-state index in [1.165, 1.54) is 0 Å². The number of nitrogens with zero attached hydrogens (tertiary/aromatic N) is 2. The van der Waals surface area contributed by atoms with Gasteiger partial charge < -0.3 is 14.4 Å². The van der Waals surface area contributed by atoms with Crippen LogP contribution in [-0.2, 0) is 9.53 Å². The Kier molecular flexibility index (Phi) is 7.59. The van der Waals surface area contributed by atoms with Crippen LogP contribution >= 0.6 is 0 Å². The first-order valence-corrected chi connectivity index (χ1v) is 8.98. The molecule has 0 aliphatic carbocycles.